The molecule has 0 unspecified atom stereocenters. The van der Waals surface area contributed by atoms with Gasteiger partial charge in [0.2, 0.25) is 0 Å². The number of hydrogen-bond donors (Lipinski definition) is 2. The average molecular weight is 505 g/mol. The Labute approximate surface area is 210 Å². The summed E-state index contributed by atoms with van der Waals surface area (Å²) in [6.07, 6.45) is -0.231. The molecule has 198 valence electrons. The van der Waals surface area contributed by atoms with Crippen LogP contribution >= 0.6 is 0 Å². The van der Waals surface area contributed by atoms with E-state index in [0.29, 0.717) is 38.7 Å². The molecule has 5 rings (SSSR count). The lowest BCUT2D eigenvalue weighted by atomic mass is 10.0. The van der Waals surface area contributed by atoms with E-state index in [9.17, 15) is 4.79 Å². The standard InChI is InChI=1S/C24H36N6O6/c1-23(2,3)36-22(31)26-10-14-12-32-9-8-29(14)11-17-19-20(35-24(4,5)34-19)18(33-17)15-6-7-16-21(25)27-13-28-30(15)16/h6-7,13-14,17-20H,8-12H2,1-5H3,(H,26,31)(H2,25,27,28)/t14-,17-,18+,19-,20+/m1/s1. The summed E-state index contributed by atoms with van der Waals surface area (Å²) in [6.45, 7) is 12.2. The van der Waals surface area contributed by atoms with Gasteiger partial charge < -0.3 is 34.7 Å². The molecule has 0 saturated carbocycles. The minimum atomic E-state index is -0.737. The van der Waals surface area contributed by atoms with Gasteiger partial charge in [-0.25, -0.2) is 14.3 Å². The molecule has 1 amide bonds. The zero-order valence-corrected chi connectivity index (χ0v) is 21.5. The van der Waals surface area contributed by atoms with Crippen LogP contribution in [-0.4, -0.2) is 94.2 Å². The molecule has 5 heterocycles. The molecule has 2 aromatic heterocycles. The Morgan fingerprint density at radius 2 is 2.06 bits per heavy atom. The van der Waals surface area contributed by atoms with Gasteiger partial charge in [0, 0.05) is 19.6 Å². The maximum Gasteiger partial charge on any atom is 0.407 e. The summed E-state index contributed by atoms with van der Waals surface area (Å²) in [7, 11) is 0. The lowest BCUT2D eigenvalue weighted by Crippen LogP contribution is -2.54. The molecule has 3 aliphatic heterocycles. The number of hydrogen-bond acceptors (Lipinski definition) is 10. The van der Waals surface area contributed by atoms with Gasteiger partial charge in [0.25, 0.3) is 0 Å². The van der Waals surface area contributed by atoms with Gasteiger partial charge in [-0.1, -0.05) is 0 Å². The molecule has 0 aromatic carbocycles. The fourth-order valence-corrected chi connectivity index (χ4v) is 5.12. The minimum absolute atomic E-state index is 0.0237. The number of alkyl carbamates (subject to hydrolysis) is 1. The molecular formula is C24H36N6O6. The Balaban J connectivity index is 1.32. The molecule has 3 N–H and O–H groups in total. The fraction of sp³-hybridized carbons (Fsp3) is 0.708. The molecule has 0 radical (unpaired) electrons. The molecule has 12 heteroatoms. The normalized spacial score (nSPS) is 30.4. The van der Waals surface area contributed by atoms with E-state index >= 15 is 0 Å². The first-order chi connectivity index (χ1) is 17.0. The highest BCUT2D eigenvalue weighted by molar-refractivity contribution is 5.67. The molecular weight excluding hydrogens is 468 g/mol. The SMILES string of the molecule is CC(C)(C)OC(=O)NC[C@@H]1COCCN1C[C@H]1O[C@@H](c2ccc3c(N)ncnn23)[C@@H]2OC(C)(C)O[C@@H]21. The van der Waals surface area contributed by atoms with Crippen LogP contribution in [0.2, 0.25) is 0 Å². The number of nitrogen functional groups attached to an aromatic ring is 1. The van der Waals surface area contributed by atoms with Gasteiger partial charge in [-0.05, 0) is 46.8 Å². The van der Waals surface area contributed by atoms with Crippen LogP contribution in [0.3, 0.4) is 0 Å². The van der Waals surface area contributed by atoms with Crippen molar-refractivity contribution in [3.8, 4) is 0 Å². The van der Waals surface area contributed by atoms with Crippen molar-refractivity contribution in [3.63, 3.8) is 0 Å². The first-order valence-electron chi connectivity index (χ1n) is 12.4. The Bertz CT molecular complexity index is 1100. The number of fused-ring (bicyclic) bond motifs is 2. The smallest absolute Gasteiger partial charge is 0.407 e. The van der Waals surface area contributed by atoms with Crippen molar-refractivity contribution in [2.75, 3.05) is 38.6 Å². The monoisotopic (exact) mass is 504 g/mol. The lowest BCUT2D eigenvalue weighted by Gasteiger charge is -2.37. The molecule has 2 aromatic rings. The molecule has 3 fully saturated rings. The molecule has 3 aliphatic rings. The van der Waals surface area contributed by atoms with Crippen molar-refractivity contribution in [1.82, 2.24) is 24.8 Å². The van der Waals surface area contributed by atoms with E-state index in [1.165, 1.54) is 6.33 Å². The van der Waals surface area contributed by atoms with E-state index in [1.54, 1.807) is 4.52 Å². The summed E-state index contributed by atoms with van der Waals surface area (Å²) < 4.78 is 32.1. The molecule has 36 heavy (non-hydrogen) atoms. The molecule has 3 saturated heterocycles. The fourth-order valence-electron chi connectivity index (χ4n) is 5.12. The number of anilines is 1. The number of carbonyl (C=O) groups excluding carboxylic acids is 1. The Hall–Kier alpha value is -2.51. The van der Waals surface area contributed by atoms with E-state index in [2.05, 4.69) is 20.3 Å². The largest absolute Gasteiger partial charge is 0.444 e. The lowest BCUT2D eigenvalue weighted by molar-refractivity contribution is -0.191. The number of nitrogens with one attached hydrogen (secondary N) is 1. The first-order valence-corrected chi connectivity index (χ1v) is 12.4. The Morgan fingerprint density at radius 3 is 2.83 bits per heavy atom. The Morgan fingerprint density at radius 1 is 1.28 bits per heavy atom. The van der Waals surface area contributed by atoms with E-state index in [1.807, 2.05) is 46.8 Å². The number of nitrogens with zero attached hydrogens (tertiary/aromatic N) is 4. The molecule has 0 bridgehead atoms. The summed E-state index contributed by atoms with van der Waals surface area (Å²) in [5, 5.41) is 7.26. The average Bonchev–Trinajstić information content (AvgIpc) is 3.44. The first kappa shape index (κ1) is 25.2. The number of nitrogens with two attached hydrogens (primary N) is 1. The zero-order valence-electron chi connectivity index (χ0n) is 21.5. The van der Waals surface area contributed by atoms with Crippen LogP contribution in [-0.2, 0) is 23.7 Å². The van der Waals surface area contributed by atoms with E-state index in [-0.39, 0.29) is 24.4 Å². The Kier molecular flexibility index (Phi) is 6.58. The van der Waals surface area contributed by atoms with Gasteiger partial charge in [-0.3, -0.25) is 4.90 Å². The van der Waals surface area contributed by atoms with E-state index in [0.717, 1.165) is 11.2 Å². The number of morpholine rings is 1. The van der Waals surface area contributed by atoms with Gasteiger partial charge in [0.15, 0.2) is 11.6 Å². The van der Waals surface area contributed by atoms with Gasteiger partial charge in [0.05, 0.1) is 24.9 Å². The summed E-state index contributed by atoms with van der Waals surface area (Å²) >= 11 is 0. The van der Waals surface area contributed by atoms with Crippen molar-refractivity contribution in [1.29, 1.82) is 0 Å². The van der Waals surface area contributed by atoms with Gasteiger partial charge >= 0.3 is 6.09 Å². The topological polar surface area (TPSA) is 135 Å². The van der Waals surface area contributed by atoms with Crippen LogP contribution in [0.15, 0.2) is 18.5 Å². The third-order valence-corrected chi connectivity index (χ3v) is 6.60. The predicted molar refractivity (Wildman–Crippen MR) is 129 cm³/mol. The zero-order chi connectivity index (χ0) is 25.7. The highest BCUT2D eigenvalue weighted by Gasteiger charge is 2.56. The third-order valence-electron chi connectivity index (χ3n) is 6.60. The van der Waals surface area contributed by atoms with Gasteiger partial charge in [-0.2, -0.15) is 5.10 Å². The van der Waals surface area contributed by atoms with Crippen LogP contribution in [0.5, 0.6) is 0 Å². The second kappa shape index (κ2) is 9.42. The quantitative estimate of drug-likeness (QED) is 0.617. The van der Waals surface area contributed by atoms with Crippen molar-refractivity contribution in [2.24, 2.45) is 0 Å². The summed E-state index contributed by atoms with van der Waals surface area (Å²) in [5.41, 5.74) is 7.04. The van der Waals surface area contributed by atoms with Gasteiger partial charge in [-0.15, -0.1) is 0 Å². The highest BCUT2D eigenvalue weighted by atomic mass is 16.8. The molecule has 12 nitrogen and oxygen atoms in total. The van der Waals surface area contributed by atoms with Crippen LogP contribution < -0.4 is 11.1 Å². The summed E-state index contributed by atoms with van der Waals surface area (Å²) in [6, 6.07) is 3.81. The molecule has 0 spiro atoms. The number of amides is 1. The maximum atomic E-state index is 12.2. The predicted octanol–water partition coefficient (Wildman–Crippen LogP) is 1.50. The van der Waals surface area contributed by atoms with Crippen LogP contribution in [0.4, 0.5) is 10.6 Å². The van der Waals surface area contributed by atoms with Crippen molar-refractivity contribution in [3.05, 3.63) is 24.2 Å². The third kappa shape index (κ3) is 5.14. The number of ether oxygens (including phenoxy) is 5. The second-order valence-electron chi connectivity index (χ2n) is 11.0. The van der Waals surface area contributed by atoms with Crippen LogP contribution in [0.1, 0.15) is 46.4 Å². The van der Waals surface area contributed by atoms with Crippen molar-refractivity contribution in [2.45, 2.75) is 76.5 Å². The summed E-state index contributed by atoms with van der Waals surface area (Å²) in [5.74, 6) is -0.334. The molecule has 5 atom stereocenters. The van der Waals surface area contributed by atoms with Crippen LogP contribution in [0, 0.1) is 0 Å². The van der Waals surface area contributed by atoms with Crippen LogP contribution in [0.25, 0.3) is 5.52 Å². The highest BCUT2D eigenvalue weighted by Crippen LogP contribution is 2.45. The number of rotatable bonds is 5. The van der Waals surface area contributed by atoms with E-state index in [4.69, 9.17) is 29.4 Å². The van der Waals surface area contributed by atoms with E-state index < -0.39 is 23.6 Å². The summed E-state index contributed by atoms with van der Waals surface area (Å²) in [4.78, 5) is 18.6. The second-order valence-corrected chi connectivity index (χ2v) is 11.0. The molecule has 0 aliphatic carbocycles. The van der Waals surface area contributed by atoms with Gasteiger partial charge in [0.1, 0.15) is 41.9 Å². The number of carbonyl (C=O) groups is 1. The maximum absolute atomic E-state index is 12.2. The van der Waals surface area contributed by atoms with Crippen molar-refractivity contribution >= 4 is 17.4 Å². The van der Waals surface area contributed by atoms with Crippen molar-refractivity contribution < 1.29 is 28.5 Å². The minimum Gasteiger partial charge on any atom is -0.444 e. The number of aromatic nitrogens is 3.